The van der Waals surface area contributed by atoms with Gasteiger partial charge in [0.25, 0.3) is 5.91 Å². The van der Waals surface area contributed by atoms with E-state index in [1.807, 2.05) is 25.1 Å². The highest BCUT2D eigenvalue weighted by Gasteiger charge is 2.17. The van der Waals surface area contributed by atoms with Crippen molar-refractivity contribution in [2.45, 2.75) is 6.92 Å². The van der Waals surface area contributed by atoms with Crippen LogP contribution in [0.2, 0.25) is 0 Å². The van der Waals surface area contributed by atoms with E-state index in [1.165, 1.54) is 16.8 Å². The van der Waals surface area contributed by atoms with Crippen LogP contribution in [0.5, 0.6) is 5.75 Å². The Kier molecular flexibility index (Phi) is 5.01. The van der Waals surface area contributed by atoms with Gasteiger partial charge >= 0.3 is 0 Å². The first-order valence-corrected chi connectivity index (χ1v) is 8.98. The molecule has 0 unspecified atom stereocenters. The van der Waals surface area contributed by atoms with Crippen molar-refractivity contribution >= 4 is 11.7 Å². The smallest absolute Gasteiger partial charge is 0.277 e. The molecule has 0 spiro atoms. The molecule has 2 aromatic carbocycles. The first-order chi connectivity index (χ1) is 14.5. The first-order valence-electron chi connectivity index (χ1n) is 8.98. The lowest BCUT2D eigenvalue weighted by molar-refractivity contribution is 0.102. The molecule has 0 radical (unpaired) electrons. The number of methoxy groups -OCH3 is 1. The normalized spacial score (nSPS) is 10.8. The van der Waals surface area contributed by atoms with Gasteiger partial charge in [-0.25, -0.2) is 13.5 Å². The number of halogens is 2. The number of anilines is 1. The summed E-state index contributed by atoms with van der Waals surface area (Å²) in [5.41, 5.74) is 1.70. The van der Waals surface area contributed by atoms with E-state index in [4.69, 9.17) is 4.74 Å². The summed E-state index contributed by atoms with van der Waals surface area (Å²) in [5.74, 6) is -1.27. The number of nitrogens with zero attached hydrogens (tertiary/aromatic N) is 3. The summed E-state index contributed by atoms with van der Waals surface area (Å²) in [6, 6.07) is 12.1. The average Bonchev–Trinajstić information content (AvgIpc) is 3.38. The minimum atomic E-state index is -0.734. The maximum absolute atomic E-state index is 13.9. The molecule has 1 amide bonds. The van der Waals surface area contributed by atoms with Crippen LogP contribution < -0.4 is 10.1 Å². The third kappa shape index (κ3) is 3.64. The van der Waals surface area contributed by atoms with E-state index in [9.17, 15) is 13.6 Å². The van der Waals surface area contributed by atoms with E-state index in [0.29, 0.717) is 11.4 Å². The van der Waals surface area contributed by atoms with Crippen LogP contribution in [-0.4, -0.2) is 33.0 Å². The number of aromatic amines is 1. The molecule has 0 fully saturated rings. The Morgan fingerprint density at radius 1 is 1.13 bits per heavy atom. The Hall–Kier alpha value is -4.01. The fourth-order valence-corrected chi connectivity index (χ4v) is 3.01. The van der Waals surface area contributed by atoms with Gasteiger partial charge in [-0.2, -0.15) is 10.2 Å². The fraction of sp³-hybridized carbons (Fsp3) is 0.0952. The molecule has 2 heterocycles. The minimum Gasteiger partial charge on any atom is -0.494 e. The molecule has 152 valence electrons. The number of hydrogen-bond donors (Lipinski definition) is 2. The lowest BCUT2D eigenvalue weighted by atomic mass is 10.1. The molecule has 0 aliphatic rings. The van der Waals surface area contributed by atoms with Crippen molar-refractivity contribution in [3.63, 3.8) is 0 Å². The Balaban J connectivity index is 1.55. The molecular formula is C21H17F2N5O2. The van der Waals surface area contributed by atoms with E-state index in [2.05, 4.69) is 20.6 Å². The maximum atomic E-state index is 13.9. The molecule has 0 atom stereocenters. The number of carbonyl (C=O) groups is 1. The lowest BCUT2D eigenvalue weighted by Gasteiger charge is -2.09. The molecule has 2 N–H and O–H groups in total. The molecule has 0 bridgehead atoms. The molecule has 7 nitrogen and oxygen atoms in total. The quantitative estimate of drug-likeness (QED) is 0.520. The van der Waals surface area contributed by atoms with Gasteiger partial charge < -0.3 is 10.1 Å². The van der Waals surface area contributed by atoms with Gasteiger partial charge in [-0.1, -0.05) is 12.1 Å². The lowest BCUT2D eigenvalue weighted by Crippen LogP contribution is -2.13. The predicted octanol–water partition coefficient (Wildman–Crippen LogP) is 4.11. The molecule has 0 saturated carbocycles. The van der Waals surface area contributed by atoms with Crippen molar-refractivity contribution in [3.05, 3.63) is 77.6 Å². The summed E-state index contributed by atoms with van der Waals surface area (Å²) in [6.07, 6.45) is 1.64. The number of aromatic nitrogens is 4. The number of aryl methyl sites for hydroxylation is 1. The van der Waals surface area contributed by atoms with Crippen LogP contribution in [0.15, 0.2) is 54.7 Å². The fourth-order valence-electron chi connectivity index (χ4n) is 3.01. The summed E-state index contributed by atoms with van der Waals surface area (Å²) in [7, 11) is 1.55. The van der Waals surface area contributed by atoms with Crippen LogP contribution in [0.4, 0.5) is 14.6 Å². The SMILES string of the molecule is COc1ccc(C)cc1-n1ccc(C(=O)Nc2cc(-c3c(F)cccc3F)[nH]n2)n1. The number of hydrogen-bond acceptors (Lipinski definition) is 4. The third-order valence-corrected chi connectivity index (χ3v) is 4.45. The molecule has 4 aromatic rings. The second-order valence-corrected chi connectivity index (χ2v) is 6.54. The highest BCUT2D eigenvalue weighted by atomic mass is 19.1. The zero-order chi connectivity index (χ0) is 21.3. The highest BCUT2D eigenvalue weighted by Crippen LogP contribution is 2.26. The van der Waals surface area contributed by atoms with E-state index in [0.717, 1.165) is 17.7 Å². The molecule has 0 aliphatic carbocycles. The van der Waals surface area contributed by atoms with Crippen LogP contribution in [0.1, 0.15) is 16.1 Å². The molecule has 9 heteroatoms. The van der Waals surface area contributed by atoms with Crippen molar-refractivity contribution in [1.29, 1.82) is 0 Å². The maximum Gasteiger partial charge on any atom is 0.277 e. The monoisotopic (exact) mass is 409 g/mol. The highest BCUT2D eigenvalue weighted by molar-refractivity contribution is 6.02. The van der Waals surface area contributed by atoms with Gasteiger partial charge in [0.15, 0.2) is 11.5 Å². The Labute approximate surface area is 170 Å². The molecule has 30 heavy (non-hydrogen) atoms. The predicted molar refractivity (Wildman–Crippen MR) is 107 cm³/mol. The topological polar surface area (TPSA) is 84.8 Å². The second-order valence-electron chi connectivity index (χ2n) is 6.54. The number of carbonyl (C=O) groups excluding carboxylic acids is 1. The standard InChI is InChI=1S/C21H17F2N5O2/c1-12-6-7-18(30-2)17(10-12)28-9-8-15(27-28)21(29)24-19-11-16(25-26-19)20-13(22)4-3-5-14(20)23/h3-11H,1-2H3,(H2,24,25,26,29). The molecular weight excluding hydrogens is 392 g/mol. The summed E-state index contributed by atoms with van der Waals surface area (Å²) in [6.45, 7) is 1.94. The average molecular weight is 409 g/mol. The summed E-state index contributed by atoms with van der Waals surface area (Å²) < 4.78 is 34.7. The van der Waals surface area contributed by atoms with Crippen molar-refractivity contribution in [2.24, 2.45) is 0 Å². The zero-order valence-electron chi connectivity index (χ0n) is 16.1. The van der Waals surface area contributed by atoms with Crippen LogP contribution >= 0.6 is 0 Å². The van der Waals surface area contributed by atoms with Gasteiger partial charge in [-0.15, -0.1) is 0 Å². The van der Waals surface area contributed by atoms with Gasteiger partial charge in [-0.3, -0.25) is 9.89 Å². The number of nitrogens with one attached hydrogen (secondary N) is 2. The van der Waals surface area contributed by atoms with Crippen LogP contribution in [0.3, 0.4) is 0 Å². The van der Waals surface area contributed by atoms with Crippen LogP contribution in [0.25, 0.3) is 16.9 Å². The largest absolute Gasteiger partial charge is 0.494 e. The second kappa shape index (κ2) is 7.78. The number of H-pyrrole nitrogens is 1. The van der Waals surface area contributed by atoms with Crippen molar-refractivity contribution in [2.75, 3.05) is 12.4 Å². The van der Waals surface area contributed by atoms with E-state index < -0.39 is 17.5 Å². The van der Waals surface area contributed by atoms with Gasteiger partial charge in [0.2, 0.25) is 0 Å². The zero-order valence-corrected chi connectivity index (χ0v) is 16.1. The number of amides is 1. The Morgan fingerprint density at radius 3 is 2.63 bits per heavy atom. The Morgan fingerprint density at radius 2 is 1.90 bits per heavy atom. The summed E-state index contributed by atoms with van der Waals surface area (Å²) in [4.78, 5) is 12.5. The van der Waals surface area contributed by atoms with Gasteiger partial charge in [0, 0.05) is 12.3 Å². The summed E-state index contributed by atoms with van der Waals surface area (Å²) in [5, 5.41) is 13.3. The van der Waals surface area contributed by atoms with Gasteiger partial charge in [0.1, 0.15) is 23.1 Å². The van der Waals surface area contributed by atoms with Crippen molar-refractivity contribution < 1.29 is 18.3 Å². The third-order valence-electron chi connectivity index (χ3n) is 4.45. The molecule has 0 aliphatic heterocycles. The van der Waals surface area contributed by atoms with Crippen LogP contribution in [-0.2, 0) is 0 Å². The van der Waals surface area contributed by atoms with Gasteiger partial charge in [-0.05, 0) is 42.8 Å². The van der Waals surface area contributed by atoms with E-state index in [1.54, 1.807) is 19.4 Å². The van der Waals surface area contributed by atoms with Crippen molar-refractivity contribution in [1.82, 2.24) is 20.0 Å². The summed E-state index contributed by atoms with van der Waals surface area (Å²) >= 11 is 0. The molecule has 0 saturated heterocycles. The van der Waals surface area contributed by atoms with Crippen molar-refractivity contribution in [3.8, 4) is 22.7 Å². The minimum absolute atomic E-state index is 0.107. The van der Waals surface area contributed by atoms with Gasteiger partial charge in [0.05, 0.1) is 18.4 Å². The first kappa shape index (κ1) is 19.3. The Bertz CT molecular complexity index is 1210. The molecule has 2 aromatic heterocycles. The number of rotatable bonds is 5. The number of ether oxygens (including phenoxy) is 1. The number of benzene rings is 2. The van der Waals surface area contributed by atoms with E-state index >= 15 is 0 Å². The van der Waals surface area contributed by atoms with Crippen LogP contribution in [0, 0.1) is 18.6 Å². The molecule has 4 rings (SSSR count). The van der Waals surface area contributed by atoms with E-state index in [-0.39, 0.29) is 22.8 Å².